The predicted octanol–water partition coefficient (Wildman–Crippen LogP) is 1.91. The van der Waals surface area contributed by atoms with E-state index in [-0.39, 0.29) is 12.0 Å². The van der Waals surface area contributed by atoms with Crippen molar-refractivity contribution in [3.8, 4) is 0 Å². The number of halogens is 2. The Morgan fingerprint density at radius 3 is 2.65 bits per heavy atom. The molecule has 0 fully saturated rings. The molecule has 0 saturated carbocycles. The Labute approximate surface area is 105 Å². The molecule has 1 aromatic rings. The Kier molecular flexibility index (Phi) is 4.98. The number of benzene rings is 1. The van der Waals surface area contributed by atoms with Crippen LogP contribution in [0.25, 0.3) is 0 Å². The van der Waals surface area contributed by atoms with Crippen molar-refractivity contribution in [2.45, 2.75) is 18.6 Å². The van der Waals surface area contributed by atoms with E-state index in [0.29, 0.717) is 5.33 Å². The monoisotopic (exact) mass is 307 g/mol. The standard InChI is InChI=1S/C10H11BrFNO4/c11-5-4-8(14)10(15)6-2-1-3-7(9(6)12)13(16)17/h1-3,8,10,14-15H,4-5H2. The molecule has 0 aliphatic rings. The molecule has 94 valence electrons. The van der Waals surface area contributed by atoms with Crippen molar-refractivity contribution < 1.29 is 19.5 Å². The Morgan fingerprint density at radius 1 is 1.47 bits per heavy atom. The van der Waals surface area contributed by atoms with E-state index in [2.05, 4.69) is 15.9 Å². The molecule has 0 amide bonds. The fourth-order valence-corrected chi connectivity index (χ4v) is 1.85. The Balaban J connectivity index is 3.06. The summed E-state index contributed by atoms with van der Waals surface area (Å²) in [5.41, 5.74) is -0.986. The van der Waals surface area contributed by atoms with Gasteiger partial charge in [0, 0.05) is 17.0 Å². The zero-order valence-corrected chi connectivity index (χ0v) is 10.3. The number of aliphatic hydroxyl groups is 2. The van der Waals surface area contributed by atoms with Gasteiger partial charge in [0.1, 0.15) is 6.10 Å². The van der Waals surface area contributed by atoms with Gasteiger partial charge in [0.2, 0.25) is 5.82 Å². The maximum absolute atomic E-state index is 13.6. The van der Waals surface area contributed by atoms with E-state index in [9.17, 15) is 24.7 Å². The van der Waals surface area contributed by atoms with Crippen LogP contribution in [0.5, 0.6) is 0 Å². The van der Waals surface area contributed by atoms with E-state index in [1.54, 1.807) is 0 Å². The average molecular weight is 308 g/mol. The third kappa shape index (κ3) is 3.21. The summed E-state index contributed by atoms with van der Waals surface area (Å²) in [4.78, 5) is 9.63. The molecule has 0 aromatic heterocycles. The molecule has 0 heterocycles. The molecule has 0 radical (unpaired) electrons. The molecule has 0 aliphatic carbocycles. The van der Waals surface area contributed by atoms with Crippen molar-refractivity contribution in [1.29, 1.82) is 0 Å². The highest BCUT2D eigenvalue weighted by Crippen LogP contribution is 2.27. The summed E-state index contributed by atoms with van der Waals surface area (Å²) in [6.45, 7) is 0. The van der Waals surface area contributed by atoms with E-state index in [1.807, 2.05) is 0 Å². The van der Waals surface area contributed by atoms with Gasteiger partial charge in [-0.3, -0.25) is 10.1 Å². The van der Waals surface area contributed by atoms with Gasteiger partial charge >= 0.3 is 5.69 Å². The van der Waals surface area contributed by atoms with Crippen LogP contribution in [-0.4, -0.2) is 26.6 Å². The minimum Gasteiger partial charge on any atom is -0.390 e. The van der Waals surface area contributed by atoms with Gasteiger partial charge in [0.25, 0.3) is 0 Å². The van der Waals surface area contributed by atoms with Crippen molar-refractivity contribution in [2.24, 2.45) is 0 Å². The lowest BCUT2D eigenvalue weighted by atomic mass is 10.0. The Bertz CT molecular complexity index is 415. The molecular weight excluding hydrogens is 297 g/mol. The summed E-state index contributed by atoms with van der Waals surface area (Å²) < 4.78 is 13.6. The molecule has 2 N–H and O–H groups in total. The van der Waals surface area contributed by atoms with Crippen LogP contribution in [0.2, 0.25) is 0 Å². The van der Waals surface area contributed by atoms with Crippen molar-refractivity contribution in [1.82, 2.24) is 0 Å². The highest BCUT2D eigenvalue weighted by molar-refractivity contribution is 9.09. The second-order valence-electron chi connectivity index (χ2n) is 3.43. The first-order valence-corrected chi connectivity index (χ1v) is 5.96. The highest BCUT2D eigenvalue weighted by Gasteiger charge is 2.26. The summed E-state index contributed by atoms with van der Waals surface area (Å²) in [5.74, 6) is -1.11. The van der Waals surface area contributed by atoms with Crippen molar-refractivity contribution in [3.05, 3.63) is 39.7 Å². The van der Waals surface area contributed by atoms with Crippen LogP contribution in [0.4, 0.5) is 10.1 Å². The summed E-state index contributed by atoms with van der Waals surface area (Å²) in [7, 11) is 0. The molecule has 5 nitrogen and oxygen atoms in total. The lowest BCUT2D eigenvalue weighted by Crippen LogP contribution is -2.20. The average Bonchev–Trinajstić information content (AvgIpc) is 2.28. The first-order valence-electron chi connectivity index (χ1n) is 4.84. The normalized spacial score (nSPS) is 14.4. The molecular formula is C10H11BrFNO4. The quantitative estimate of drug-likeness (QED) is 0.494. The number of rotatable bonds is 5. The van der Waals surface area contributed by atoms with Crippen LogP contribution in [0.3, 0.4) is 0 Å². The third-order valence-electron chi connectivity index (χ3n) is 2.29. The Morgan fingerprint density at radius 2 is 2.12 bits per heavy atom. The van der Waals surface area contributed by atoms with Gasteiger partial charge in [-0.1, -0.05) is 28.1 Å². The van der Waals surface area contributed by atoms with E-state index in [1.165, 1.54) is 12.1 Å². The van der Waals surface area contributed by atoms with Crippen LogP contribution < -0.4 is 0 Å². The minimum absolute atomic E-state index is 0.212. The van der Waals surface area contributed by atoms with Crippen LogP contribution >= 0.6 is 15.9 Å². The largest absolute Gasteiger partial charge is 0.390 e. The maximum Gasteiger partial charge on any atom is 0.305 e. The van der Waals surface area contributed by atoms with E-state index in [4.69, 9.17) is 0 Å². The highest BCUT2D eigenvalue weighted by atomic mass is 79.9. The smallest absolute Gasteiger partial charge is 0.305 e. The molecule has 0 bridgehead atoms. The molecule has 0 aliphatic heterocycles. The second kappa shape index (κ2) is 6.04. The minimum atomic E-state index is -1.48. The van der Waals surface area contributed by atoms with Crippen molar-refractivity contribution >= 4 is 21.6 Å². The molecule has 17 heavy (non-hydrogen) atoms. The summed E-state index contributed by atoms with van der Waals surface area (Å²) in [5, 5.41) is 30.1. The van der Waals surface area contributed by atoms with Crippen molar-refractivity contribution in [3.63, 3.8) is 0 Å². The second-order valence-corrected chi connectivity index (χ2v) is 4.22. The van der Waals surface area contributed by atoms with E-state index in [0.717, 1.165) is 6.07 Å². The summed E-state index contributed by atoms with van der Waals surface area (Å²) in [6.07, 6.45) is -2.44. The van der Waals surface area contributed by atoms with Crippen LogP contribution in [-0.2, 0) is 0 Å². The number of aliphatic hydroxyl groups excluding tert-OH is 2. The number of nitro benzene ring substituents is 1. The number of hydrogen-bond donors (Lipinski definition) is 2. The van der Waals surface area contributed by atoms with Gasteiger partial charge in [-0.2, -0.15) is 4.39 Å². The van der Waals surface area contributed by atoms with Crippen LogP contribution in [0.15, 0.2) is 18.2 Å². The van der Waals surface area contributed by atoms with Crippen molar-refractivity contribution in [2.75, 3.05) is 5.33 Å². The molecule has 0 saturated heterocycles. The lowest BCUT2D eigenvalue weighted by molar-refractivity contribution is -0.387. The van der Waals surface area contributed by atoms with Gasteiger partial charge in [-0.05, 0) is 6.42 Å². The predicted molar refractivity (Wildman–Crippen MR) is 62.4 cm³/mol. The third-order valence-corrected chi connectivity index (χ3v) is 2.75. The summed E-state index contributed by atoms with van der Waals surface area (Å²) >= 11 is 3.07. The molecule has 7 heteroatoms. The lowest BCUT2D eigenvalue weighted by Gasteiger charge is -2.17. The van der Waals surface area contributed by atoms with E-state index >= 15 is 0 Å². The maximum atomic E-state index is 13.6. The SMILES string of the molecule is O=[N+]([O-])c1cccc(C(O)C(O)CCBr)c1F. The zero-order valence-electron chi connectivity index (χ0n) is 8.72. The molecule has 1 aromatic carbocycles. The van der Waals surface area contributed by atoms with Gasteiger partial charge < -0.3 is 10.2 Å². The fraction of sp³-hybridized carbons (Fsp3) is 0.400. The topological polar surface area (TPSA) is 83.6 Å². The molecule has 1 rings (SSSR count). The van der Waals surface area contributed by atoms with Crippen LogP contribution in [0, 0.1) is 15.9 Å². The van der Waals surface area contributed by atoms with Crippen LogP contribution in [0.1, 0.15) is 18.1 Å². The first kappa shape index (κ1) is 14.0. The number of nitro groups is 1. The molecule has 2 unspecified atom stereocenters. The van der Waals surface area contributed by atoms with Gasteiger partial charge in [0.15, 0.2) is 0 Å². The number of hydrogen-bond acceptors (Lipinski definition) is 4. The van der Waals surface area contributed by atoms with Gasteiger partial charge in [-0.25, -0.2) is 0 Å². The zero-order chi connectivity index (χ0) is 13.0. The number of alkyl halides is 1. The molecule has 2 atom stereocenters. The summed E-state index contributed by atoms with van der Waals surface area (Å²) in [6, 6.07) is 3.48. The fourth-order valence-electron chi connectivity index (χ4n) is 1.38. The molecule has 0 spiro atoms. The number of nitrogens with zero attached hydrogens (tertiary/aromatic N) is 1. The Hall–Kier alpha value is -1.05. The van der Waals surface area contributed by atoms with E-state index < -0.39 is 28.6 Å². The first-order chi connectivity index (χ1) is 7.99. The van der Waals surface area contributed by atoms with Gasteiger partial charge in [-0.15, -0.1) is 0 Å². The van der Waals surface area contributed by atoms with Gasteiger partial charge in [0.05, 0.1) is 11.0 Å².